The lowest BCUT2D eigenvalue weighted by Gasteiger charge is -2.26. The molecule has 0 spiro atoms. The second-order valence-corrected chi connectivity index (χ2v) is 7.60. The van der Waals surface area contributed by atoms with Crippen LogP contribution < -0.4 is 19.8 Å². The van der Waals surface area contributed by atoms with Gasteiger partial charge in [0.25, 0.3) is 5.91 Å². The smallest absolute Gasteiger partial charge is 0.295 e. The summed E-state index contributed by atoms with van der Waals surface area (Å²) in [6.45, 7) is 2.34. The molecule has 0 radical (unpaired) electrons. The molecule has 5 rings (SSSR count). The zero-order valence-electron chi connectivity index (χ0n) is 18.0. The molecular formula is C26H20FNO5. The number of hydrogen-bond donors (Lipinski definition) is 0. The molecule has 1 amide bonds. The van der Waals surface area contributed by atoms with Gasteiger partial charge in [0.1, 0.15) is 22.9 Å². The van der Waals surface area contributed by atoms with E-state index in [2.05, 4.69) is 0 Å². The van der Waals surface area contributed by atoms with Crippen LogP contribution in [-0.4, -0.2) is 19.6 Å². The lowest BCUT2D eigenvalue weighted by atomic mass is 9.98. The third-order valence-corrected chi connectivity index (χ3v) is 5.65. The Morgan fingerprint density at radius 3 is 2.58 bits per heavy atom. The number of anilines is 1. The number of nitrogens with zero attached hydrogens (tertiary/aromatic N) is 1. The number of rotatable bonds is 5. The number of ether oxygens (including phenoxy) is 2. The molecule has 1 aliphatic heterocycles. The van der Waals surface area contributed by atoms with Crippen molar-refractivity contribution in [2.24, 2.45) is 0 Å². The number of halogens is 1. The van der Waals surface area contributed by atoms with E-state index in [1.54, 1.807) is 42.5 Å². The topological polar surface area (TPSA) is 69.0 Å². The summed E-state index contributed by atoms with van der Waals surface area (Å²) in [7, 11) is 1.54. The summed E-state index contributed by atoms with van der Waals surface area (Å²) in [5.74, 6) is 0.0862. The van der Waals surface area contributed by atoms with Crippen LogP contribution in [0.4, 0.5) is 10.1 Å². The number of amides is 1. The minimum absolute atomic E-state index is 0.0614. The lowest BCUT2D eigenvalue weighted by molar-refractivity contribution is 0.0971. The van der Waals surface area contributed by atoms with E-state index in [9.17, 15) is 14.0 Å². The maximum Gasteiger partial charge on any atom is 0.295 e. The summed E-state index contributed by atoms with van der Waals surface area (Å²) in [4.78, 5) is 28.7. The van der Waals surface area contributed by atoms with Crippen molar-refractivity contribution >= 4 is 22.6 Å². The van der Waals surface area contributed by atoms with Gasteiger partial charge < -0.3 is 13.9 Å². The first-order valence-electron chi connectivity index (χ1n) is 10.5. The lowest BCUT2D eigenvalue weighted by Crippen LogP contribution is -2.29. The van der Waals surface area contributed by atoms with Crippen molar-refractivity contribution in [3.63, 3.8) is 0 Å². The van der Waals surface area contributed by atoms with Gasteiger partial charge in [0.05, 0.1) is 30.7 Å². The van der Waals surface area contributed by atoms with E-state index in [0.29, 0.717) is 29.4 Å². The summed E-state index contributed by atoms with van der Waals surface area (Å²) < 4.78 is 30.8. The Morgan fingerprint density at radius 1 is 1.00 bits per heavy atom. The average Bonchev–Trinajstić information content (AvgIpc) is 3.12. The highest BCUT2D eigenvalue weighted by Crippen LogP contribution is 2.42. The molecule has 7 heteroatoms. The van der Waals surface area contributed by atoms with Gasteiger partial charge in [-0.25, -0.2) is 4.39 Å². The molecule has 1 aromatic heterocycles. The number of carbonyl (C=O) groups is 1. The molecule has 0 saturated carbocycles. The van der Waals surface area contributed by atoms with Gasteiger partial charge in [-0.1, -0.05) is 18.2 Å². The van der Waals surface area contributed by atoms with Crippen LogP contribution in [0, 0.1) is 5.82 Å². The van der Waals surface area contributed by atoms with E-state index >= 15 is 0 Å². The van der Waals surface area contributed by atoms with Gasteiger partial charge in [-0.15, -0.1) is 0 Å². The molecule has 0 saturated heterocycles. The molecular weight excluding hydrogens is 425 g/mol. The summed E-state index contributed by atoms with van der Waals surface area (Å²) in [6.07, 6.45) is 0. The monoisotopic (exact) mass is 445 g/mol. The third-order valence-electron chi connectivity index (χ3n) is 5.65. The van der Waals surface area contributed by atoms with Crippen molar-refractivity contribution in [1.82, 2.24) is 0 Å². The Kier molecular flexibility index (Phi) is 5.09. The van der Waals surface area contributed by atoms with Gasteiger partial charge in [-0.05, 0) is 55.0 Å². The molecule has 166 valence electrons. The molecule has 0 fully saturated rings. The van der Waals surface area contributed by atoms with E-state index in [1.807, 2.05) is 13.0 Å². The largest absolute Gasteiger partial charge is 0.497 e. The number of benzene rings is 3. The van der Waals surface area contributed by atoms with E-state index in [1.165, 1.54) is 24.1 Å². The zero-order valence-corrected chi connectivity index (χ0v) is 18.0. The van der Waals surface area contributed by atoms with Crippen LogP contribution >= 0.6 is 0 Å². The molecule has 4 aromatic rings. The minimum Gasteiger partial charge on any atom is -0.497 e. The predicted octanol–water partition coefficient (Wildman–Crippen LogP) is 5.09. The van der Waals surface area contributed by atoms with Gasteiger partial charge in [0.2, 0.25) is 5.76 Å². The number of fused-ring (bicyclic) bond motifs is 2. The van der Waals surface area contributed by atoms with Crippen molar-refractivity contribution < 1.29 is 23.1 Å². The molecule has 0 aliphatic carbocycles. The maximum atomic E-state index is 13.9. The normalized spacial score (nSPS) is 15.1. The van der Waals surface area contributed by atoms with Gasteiger partial charge in [0.15, 0.2) is 5.43 Å². The molecule has 0 bridgehead atoms. The van der Waals surface area contributed by atoms with E-state index in [-0.39, 0.29) is 22.3 Å². The highest BCUT2D eigenvalue weighted by Gasteiger charge is 2.44. The van der Waals surface area contributed by atoms with Crippen LogP contribution in [-0.2, 0) is 0 Å². The average molecular weight is 445 g/mol. The van der Waals surface area contributed by atoms with Crippen LogP contribution in [0.15, 0.2) is 75.9 Å². The van der Waals surface area contributed by atoms with Gasteiger partial charge in [0, 0.05) is 11.8 Å². The number of carbonyl (C=O) groups excluding carboxylic acids is 1. The molecule has 6 nitrogen and oxygen atoms in total. The van der Waals surface area contributed by atoms with Crippen LogP contribution in [0.3, 0.4) is 0 Å². The van der Waals surface area contributed by atoms with Crippen LogP contribution in [0.2, 0.25) is 0 Å². The van der Waals surface area contributed by atoms with E-state index < -0.39 is 23.2 Å². The Labute approximate surface area is 188 Å². The zero-order chi connectivity index (χ0) is 23.1. The van der Waals surface area contributed by atoms with E-state index in [0.717, 1.165) is 6.07 Å². The minimum atomic E-state index is -0.788. The van der Waals surface area contributed by atoms with Gasteiger partial charge in [-0.3, -0.25) is 14.5 Å². The van der Waals surface area contributed by atoms with E-state index in [4.69, 9.17) is 13.9 Å². The molecule has 0 N–H and O–H groups in total. The van der Waals surface area contributed by atoms with Crippen molar-refractivity contribution in [3.05, 3.63) is 99.7 Å². The third kappa shape index (κ3) is 3.42. The van der Waals surface area contributed by atoms with Gasteiger partial charge in [-0.2, -0.15) is 0 Å². The fourth-order valence-electron chi connectivity index (χ4n) is 4.23. The van der Waals surface area contributed by atoms with Crippen LogP contribution in [0.5, 0.6) is 11.5 Å². The Hall–Kier alpha value is -4.13. The quantitative estimate of drug-likeness (QED) is 0.428. The first-order valence-corrected chi connectivity index (χ1v) is 10.5. The summed E-state index contributed by atoms with van der Waals surface area (Å²) in [5.41, 5.74) is 1.07. The summed E-state index contributed by atoms with van der Waals surface area (Å²) in [6, 6.07) is 17.1. The van der Waals surface area contributed by atoms with Crippen LogP contribution in [0.25, 0.3) is 11.0 Å². The molecule has 33 heavy (non-hydrogen) atoms. The van der Waals surface area contributed by atoms with Crippen LogP contribution in [0.1, 0.15) is 34.6 Å². The standard InChI is InChI=1S/C26H20FNO5/c1-3-32-19-9-4-6-15(12-19)23-22-24(29)20-13-16(27)10-11-21(20)33-25(22)26(30)28(23)17-7-5-8-18(14-17)31-2/h4-14,23H,3H2,1-2H3. The first-order chi connectivity index (χ1) is 16.0. The highest BCUT2D eigenvalue weighted by atomic mass is 19.1. The first kappa shape index (κ1) is 20.8. The Balaban J connectivity index is 1.79. The Morgan fingerprint density at radius 2 is 1.79 bits per heavy atom. The SMILES string of the molecule is CCOc1cccc(C2c3c(oc4ccc(F)cc4c3=O)C(=O)N2c2cccc(OC)c2)c1. The fraction of sp³-hybridized carbons (Fsp3) is 0.154. The Bertz CT molecular complexity index is 1440. The predicted molar refractivity (Wildman–Crippen MR) is 122 cm³/mol. The summed E-state index contributed by atoms with van der Waals surface area (Å²) in [5, 5.41) is 0.0833. The second-order valence-electron chi connectivity index (χ2n) is 7.60. The number of methoxy groups -OCH3 is 1. The molecule has 1 atom stereocenters. The van der Waals surface area contributed by atoms with Crippen molar-refractivity contribution in [2.45, 2.75) is 13.0 Å². The highest BCUT2D eigenvalue weighted by molar-refractivity contribution is 6.10. The molecule has 1 aliphatic rings. The van der Waals surface area contributed by atoms with Crippen molar-refractivity contribution in [2.75, 3.05) is 18.6 Å². The maximum absolute atomic E-state index is 13.9. The molecule has 2 heterocycles. The molecule has 3 aromatic carbocycles. The van der Waals surface area contributed by atoms with Gasteiger partial charge >= 0.3 is 0 Å². The second kappa shape index (κ2) is 8.09. The molecule has 1 unspecified atom stereocenters. The van der Waals surface area contributed by atoms with Crippen molar-refractivity contribution in [3.8, 4) is 11.5 Å². The number of hydrogen-bond acceptors (Lipinski definition) is 5. The van der Waals surface area contributed by atoms with Crippen molar-refractivity contribution in [1.29, 1.82) is 0 Å². The fourth-order valence-corrected chi connectivity index (χ4v) is 4.23. The summed E-state index contributed by atoms with van der Waals surface area (Å²) >= 11 is 0.